The zero-order valence-electron chi connectivity index (χ0n) is 12.7. The highest BCUT2D eigenvalue weighted by atomic mass is 15.2. The van der Waals surface area contributed by atoms with E-state index in [-0.39, 0.29) is 0 Å². The number of nitrogens with one attached hydrogen (secondary N) is 1. The van der Waals surface area contributed by atoms with Gasteiger partial charge in [-0.3, -0.25) is 0 Å². The summed E-state index contributed by atoms with van der Waals surface area (Å²) in [5.41, 5.74) is 1.71. The van der Waals surface area contributed by atoms with Crippen molar-refractivity contribution < 1.29 is 0 Å². The van der Waals surface area contributed by atoms with E-state index in [0.29, 0.717) is 17.6 Å². The van der Waals surface area contributed by atoms with Gasteiger partial charge in [0.2, 0.25) is 0 Å². The number of rotatable bonds is 4. The Morgan fingerprint density at radius 2 is 2.30 bits per heavy atom. The first kappa shape index (κ1) is 14.8. The van der Waals surface area contributed by atoms with E-state index in [2.05, 4.69) is 35.1 Å². The topological polar surface area (TPSA) is 52.0 Å². The molecule has 0 aromatic carbocycles. The van der Waals surface area contributed by atoms with E-state index >= 15 is 0 Å². The van der Waals surface area contributed by atoms with Crippen molar-refractivity contribution in [2.24, 2.45) is 0 Å². The number of hydrogen-bond donors (Lipinski definition) is 1. The molecule has 4 heteroatoms. The van der Waals surface area contributed by atoms with Gasteiger partial charge in [-0.2, -0.15) is 5.26 Å². The molecular formula is C16H24N4. The molecule has 1 N–H and O–H groups in total. The number of hydrogen-bond acceptors (Lipinski definition) is 4. The molecule has 0 radical (unpaired) electrons. The van der Waals surface area contributed by atoms with E-state index in [1.807, 2.05) is 13.0 Å². The normalized spacial score (nSPS) is 18.9. The Labute approximate surface area is 121 Å². The van der Waals surface area contributed by atoms with Gasteiger partial charge in [-0.25, -0.2) is 4.98 Å². The molecule has 0 saturated carbocycles. The van der Waals surface area contributed by atoms with Gasteiger partial charge in [0.25, 0.3) is 0 Å². The molecule has 108 valence electrons. The van der Waals surface area contributed by atoms with Crippen LogP contribution in [0, 0.1) is 18.3 Å². The van der Waals surface area contributed by atoms with Crippen LogP contribution in [0.15, 0.2) is 12.3 Å². The van der Waals surface area contributed by atoms with E-state index in [0.717, 1.165) is 24.5 Å². The Morgan fingerprint density at radius 1 is 1.50 bits per heavy atom. The van der Waals surface area contributed by atoms with Crippen LogP contribution in [0.25, 0.3) is 0 Å². The first-order chi connectivity index (χ1) is 9.63. The van der Waals surface area contributed by atoms with Crippen LogP contribution in [-0.4, -0.2) is 30.2 Å². The molecule has 0 amide bonds. The van der Waals surface area contributed by atoms with Crippen LogP contribution in [-0.2, 0) is 0 Å². The summed E-state index contributed by atoms with van der Waals surface area (Å²) < 4.78 is 0. The molecule has 1 unspecified atom stereocenters. The Morgan fingerprint density at radius 3 is 2.90 bits per heavy atom. The zero-order chi connectivity index (χ0) is 14.5. The molecule has 1 aromatic heterocycles. The molecule has 2 heterocycles. The predicted molar refractivity (Wildman–Crippen MR) is 81.8 cm³/mol. The van der Waals surface area contributed by atoms with Gasteiger partial charge in [-0.1, -0.05) is 6.42 Å². The molecule has 0 bridgehead atoms. The van der Waals surface area contributed by atoms with Crippen molar-refractivity contribution in [3.63, 3.8) is 0 Å². The summed E-state index contributed by atoms with van der Waals surface area (Å²) in [6, 6.07) is 5.05. The fraction of sp³-hybridized carbons (Fsp3) is 0.625. The quantitative estimate of drug-likeness (QED) is 0.915. The average molecular weight is 272 g/mol. The Bertz CT molecular complexity index is 484. The van der Waals surface area contributed by atoms with Crippen molar-refractivity contribution in [2.45, 2.75) is 52.1 Å². The first-order valence-corrected chi connectivity index (χ1v) is 7.49. The van der Waals surface area contributed by atoms with Crippen LogP contribution in [0.2, 0.25) is 0 Å². The van der Waals surface area contributed by atoms with E-state index in [1.165, 1.54) is 19.3 Å². The predicted octanol–water partition coefficient (Wildman–Crippen LogP) is 2.62. The van der Waals surface area contributed by atoms with Crippen molar-refractivity contribution in [2.75, 3.05) is 18.0 Å². The van der Waals surface area contributed by atoms with Crippen molar-refractivity contribution in [1.82, 2.24) is 10.3 Å². The molecule has 4 nitrogen and oxygen atoms in total. The van der Waals surface area contributed by atoms with Crippen LogP contribution in [0.1, 0.15) is 44.2 Å². The highest BCUT2D eigenvalue weighted by Gasteiger charge is 2.22. The number of piperidine rings is 1. The van der Waals surface area contributed by atoms with Crippen LogP contribution in [0.5, 0.6) is 0 Å². The van der Waals surface area contributed by atoms with Crippen molar-refractivity contribution in [3.05, 3.63) is 23.4 Å². The maximum absolute atomic E-state index is 9.40. The molecule has 20 heavy (non-hydrogen) atoms. The molecule has 0 aliphatic carbocycles. The summed E-state index contributed by atoms with van der Waals surface area (Å²) in [5.74, 6) is 0.829. The maximum atomic E-state index is 9.40. The van der Waals surface area contributed by atoms with Gasteiger partial charge in [0.05, 0.1) is 5.56 Å². The second-order valence-electron chi connectivity index (χ2n) is 5.83. The number of anilines is 1. The third-order valence-electron chi connectivity index (χ3n) is 3.98. The third-order valence-corrected chi connectivity index (χ3v) is 3.98. The average Bonchev–Trinajstić information content (AvgIpc) is 2.45. The highest BCUT2D eigenvalue weighted by molar-refractivity contribution is 5.57. The second-order valence-corrected chi connectivity index (χ2v) is 5.83. The number of aryl methyl sites for hydroxylation is 1. The van der Waals surface area contributed by atoms with E-state index in [1.54, 1.807) is 6.20 Å². The maximum Gasteiger partial charge on any atom is 0.147 e. The monoisotopic (exact) mass is 272 g/mol. The first-order valence-electron chi connectivity index (χ1n) is 7.49. The lowest BCUT2D eigenvalue weighted by Gasteiger charge is -2.34. The fourth-order valence-corrected chi connectivity index (χ4v) is 2.76. The van der Waals surface area contributed by atoms with E-state index < -0.39 is 0 Å². The van der Waals surface area contributed by atoms with Crippen LogP contribution in [0.4, 0.5) is 5.82 Å². The van der Waals surface area contributed by atoms with Gasteiger partial charge in [0, 0.05) is 24.8 Å². The van der Waals surface area contributed by atoms with Crippen LogP contribution in [0.3, 0.4) is 0 Å². The molecule has 1 fully saturated rings. The number of nitriles is 1. The molecule has 1 saturated heterocycles. The second kappa shape index (κ2) is 6.71. The minimum Gasteiger partial charge on any atom is -0.352 e. The lowest BCUT2D eigenvalue weighted by Crippen LogP contribution is -2.46. The number of nitrogens with zero attached hydrogens (tertiary/aromatic N) is 3. The Balaban J connectivity index is 2.24. The van der Waals surface area contributed by atoms with E-state index in [4.69, 9.17) is 0 Å². The van der Waals surface area contributed by atoms with Gasteiger partial charge in [0.1, 0.15) is 11.9 Å². The van der Waals surface area contributed by atoms with Crippen LogP contribution < -0.4 is 10.2 Å². The Hall–Kier alpha value is -1.60. The largest absolute Gasteiger partial charge is 0.352 e. The summed E-state index contributed by atoms with van der Waals surface area (Å²) in [7, 11) is 0. The van der Waals surface area contributed by atoms with E-state index in [9.17, 15) is 5.26 Å². The highest BCUT2D eigenvalue weighted by Crippen LogP contribution is 2.23. The summed E-state index contributed by atoms with van der Waals surface area (Å²) >= 11 is 0. The molecule has 1 aromatic rings. The zero-order valence-corrected chi connectivity index (χ0v) is 12.7. The van der Waals surface area contributed by atoms with Crippen LogP contribution >= 0.6 is 0 Å². The third kappa shape index (κ3) is 3.29. The summed E-state index contributed by atoms with van der Waals surface area (Å²) in [5, 5.41) is 13.0. The van der Waals surface area contributed by atoms with Gasteiger partial charge in [0.15, 0.2) is 0 Å². The molecule has 1 atom stereocenters. The van der Waals surface area contributed by atoms with Gasteiger partial charge in [-0.05, 0) is 51.8 Å². The molecule has 0 spiro atoms. The molecule has 1 aliphatic heterocycles. The summed E-state index contributed by atoms with van der Waals surface area (Å²) in [4.78, 5) is 6.73. The minimum absolute atomic E-state index is 0.333. The molecule has 1 aliphatic rings. The van der Waals surface area contributed by atoms with Crippen molar-refractivity contribution in [1.29, 1.82) is 5.26 Å². The van der Waals surface area contributed by atoms with Gasteiger partial charge < -0.3 is 10.2 Å². The lowest BCUT2D eigenvalue weighted by atomic mass is 10.0. The van der Waals surface area contributed by atoms with Gasteiger partial charge in [-0.15, -0.1) is 0 Å². The minimum atomic E-state index is 0.333. The number of pyridine rings is 1. The smallest absolute Gasteiger partial charge is 0.147 e. The van der Waals surface area contributed by atoms with Crippen molar-refractivity contribution in [3.8, 4) is 6.07 Å². The molecular weight excluding hydrogens is 248 g/mol. The van der Waals surface area contributed by atoms with Gasteiger partial charge >= 0.3 is 0 Å². The SMILES string of the molecule is Cc1ccnc(N(CC2CCCCN2)C(C)C)c1C#N. The Kier molecular flexibility index (Phi) is 4.97. The summed E-state index contributed by atoms with van der Waals surface area (Å²) in [6.45, 7) is 8.31. The number of aromatic nitrogens is 1. The molecule has 2 rings (SSSR count). The summed E-state index contributed by atoms with van der Waals surface area (Å²) in [6.07, 6.45) is 5.56. The lowest BCUT2D eigenvalue weighted by molar-refractivity contribution is 0.392. The standard InChI is InChI=1S/C16H24N4/c1-12(2)20(11-14-6-4-5-8-18-14)16-15(10-17)13(3)7-9-19-16/h7,9,12,14,18H,4-6,8,11H2,1-3H3. The fourth-order valence-electron chi connectivity index (χ4n) is 2.76. The van der Waals surface area contributed by atoms with Crippen molar-refractivity contribution >= 4 is 5.82 Å².